The minimum Gasteiger partial charge on any atom is -0.504 e. The summed E-state index contributed by atoms with van der Waals surface area (Å²) in [5, 5.41) is 26.7. The van der Waals surface area contributed by atoms with Gasteiger partial charge >= 0.3 is 0 Å². The van der Waals surface area contributed by atoms with Crippen molar-refractivity contribution in [2.75, 3.05) is 5.73 Å². The Labute approximate surface area is 217 Å². The Morgan fingerprint density at radius 1 is 0.868 bits per heavy atom. The number of para-hydroxylation sites is 1. The van der Waals surface area contributed by atoms with E-state index in [1.807, 2.05) is 62.4 Å². The summed E-state index contributed by atoms with van der Waals surface area (Å²) < 4.78 is 3.41. The van der Waals surface area contributed by atoms with E-state index in [4.69, 9.17) is 10.8 Å². The number of phenols is 2. The first kappa shape index (κ1) is 23.2. The van der Waals surface area contributed by atoms with Gasteiger partial charge in [-0.3, -0.25) is 9.36 Å². The molecule has 38 heavy (non-hydrogen) atoms. The van der Waals surface area contributed by atoms with Crippen LogP contribution in [-0.2, 0) is 6.54 Å². The fraction of sp³-hybridized carbons (Fsp3) is 0.103. The molecule has 0 amide bonds. The molecular formula is C29H24N6O3. The number of fused-ring (bicyclic) bond motifs is 2. The minimum atomic E-state index is -0.279. The summed E-state index contributed by atoms with van der Waals surface area (Å²) >= 11 is 0. The van der Waals surface area contributed by atoms with Gasteiger partial charge in [0.05, 0.1) is 23.0 Å². The fourth-order valence-corrected chi connectivity index (χ4v) is 4.95. The van der Waals surface area contributed by atoms with E-state index in [2.05, 4.69) is 9.97 Å². The van der Waals surface area contributed by atoms with Crippen LogP contribution in [0.4, 0.5) is 5.82 Å². The maximum Gasteiger partial charge on any atom is 0.263 e. The number of rotatable bonds is 4. The first-order valence-electron chi connectivity index (χ1n) is 12.0. The summed E-state index contributed by atoms with van der Waals surface area (Å²) in [4.78, 5) is 22.6. The van der Waals surface area contributed by atoms with E-state index in [9.17, 15) is 15.0 Å². The van der Waals surface area contributed by atoms with Crippen LogP contribution in [0.25, 0.3) is 38.8 Å². The largest absolute Gasteiger partial charge is 0.504 e. The van der Waals surface area contributed by atoms with Crippen LogP contribution in [0.2, 0.25) is 0 Å². The number of nitrogen functional groups attached to an aromatic ring is 1. The topological polar surface area (TPSA) is 132 Å². The quantitative estimate of drug-likeness (QED) is 0.302. The highest BCUT2D eigenvalue weighted by Gasteiger charge is 2.21. The molecular weight excluding hydrogens is 480 g/mol. The molecule has 4 N–H and O–H groups in total. The van der Waals surface area contributed by atoms with Crippen LogP contribution in [0.1, 0.15) is 16.8 Å². The van der Waals surface area contributed by atoms with Crippen LogP contribution < -0.4 is 11.3 Å². The molecule has 3 aromatic heterocycles. The van der Waals surface area contributed by atoms with Gasteiger partial charge in [-0.15, -0.1) is 0 Å². The average Bonchev–Trinajstić information content (AvgIpc) is 3.26. The molecule has 0 bridgehead atoms. The lowest BCUT2D eigenvalue weighted by atomic mass is 10.1. The van der Waals surface area contributed by atoms with Crippen molar-refractivity contribution in [3.8, 4) is 28.4 Å². The van der Waals surface area contributed by atoms with Gasteiger partial charge in [-0.2, -0.15) is 5.10 Å². The number of aromatic hydroxyl groups is 2. The summed E-state index contributed by atoms with van der Waals surface area (Å²) in [6.07, 6.45) is 1.37. The number of hydrogen-bond acceptors (Lipinski definition) is 7. The summed E-state index contributed by atoms with van der Waals surface area (Å²) in [6, 6.07) is 20.0. The predicted octanol–water partition coefficient (Wildman–Crippen LogP) is 4.46. The molecule has 6 aromatic rings. The van der Waals surface area contributed by atoms with Crippen molar-refractivity contribution >= 4 is 27.6 Å². The highest BCUT2D eigenvalue weighted by atomic mass is 16.3. The summed E-state index contributed by atoms with van der Waals surface area (Å²) in [6.45, 7) is 4.12. The van der Waals surface area contributed by atoms with Crippen LogP contribution in [0.3, 0.4) is 0 Å². The Kier molecular flexibility index (Phi) is 5.34. The van der Waals surface area contributed by atoms with E-state index in [-0.39, 0.29) is 29.4 Å². The molecule has 0 fully saturated rings. The van der Waals surface area contributed by atoms with Crippen molar-refractivity contribution in [2.45, 2.75) is 20.4 Å². The third kappa shape index (κ3) is 3.64. The van der Waals surface area contributed by atoms with Crippen LogP contribution in [-0.4, -0.2) is 34.5 Å². The van der Waals surface area contributed by atoms with Crippen molar-refractivity contribution in [1.82, 2.24) is 24.3 Å². The van der Waals surface area contributed by atoms with E-state index >= 15 is 0 Å². The van der Waals surface area contributed by atoms with E-state index < -0.39 is 0 Å². The van der Waals surface area contributed by atoms with Gasteiger partial charge in [-0.25, -0.2) is 14.6 Å². The number of phenolic OH excluding ortho intramolecular Hbond substituents is 2. The molecule has 9 heteroatoms. The van der Waals surface area contributed by atoms with Gasteiger partial charge in [0, 0.05) is 11.3 Å². The predicted molar refractivity (Wildman–Crippen MR) is 147 cm³/mol. The Bertz CT molecular complexity index is 1940. The summed E-state index contributed by atoms with van der Waals surface area (Å²) in [7, 11) is 0. The van der Waals surface area contributed by atoms with Gasteiger partial charge in [-0.1, -0.05) is 36.4 Å². The molecule has 0 unspecified atom stereocenters. The molecule has 0 saturated carbocycles. The molecule has 0 spiro atoms. The highest BCUT2D eigenvalue weighted by molar-refractivity contribution is 5.98. The smallest absolute Gasteiger partial charge is 0.263 e. The number of pyridine rings is 1. The molecule has 0 aliphatic heterocycles. The lowest BCUT2D eigenvalue weighted by Gasteiger charge is -2.17. The second-order valence-corrected chi connectivity index (χ2v) is 9.27. The van der Waals surface area contributed by atoms with Gasteiger partial charge < -0.3 is 15.9 Å². The van der Waals surface area contributed by atoms with Crippen molar-refractivity contribution < 1.29 is 10.2 Å². The van der Waals surface area contributed by atoms with E-state index in [0.29, 0.717) is 33.4 Å². The SMILES string of the molecule is Cc1ccccc1-n1c(Cn2nc(-c3ccc(O)c(O)c3)c3c(N)ncnc32)cc2cccc(C)c2c1=O. The third-order valence-electron chi connectivity index (χ3n) is 6.81. The lowest BCUT2D eigenvalue weighted by Crippen LogP contribution is -2.25. The monoisotopic (exact) mass is 504 g/mol. The molecule has 3 aromatic carbocycles. The first-order chi connectivity index (χ1) is 18.3. The van der Waals surface area contributed by atoms with Gasteiger partial charge in [0.2, 0.25) is 0 Å². The number of anilines is 1. The second-order valence-electron chi connectivity index (χ2n) is 9.27. The Hall–Kier alpha value is -5.18. The molecule has 0 saturated heterocycles. The first-order valence-corrected chi connectivity index (χ1v) is 12.0. The number of nitrogens with zero attached hydrogens (tertiary/aromatic N) is 5. The standard InChI is InChI=1S/C29H24N6O3/c1-16-6-3-4-9-21(16)35-20(12-18-8-5-7-17(2)24(18)29(35)38)14-34-28-25(27(30)31-15-32-28)26(33-34)19-10-11-22(36)23(37)13-19/h3-13,15,36-37H,14H2,1-2H3,(H2,30,31,32). The Balaban J connectivity index is 1.62. The van der Waals surface area contributed by atoms with Gasteiger partial charge in [0.1, 0.15) is 17.8 Å². The zero-order valence-electron chi connectivity index (χ0n) is 20.8. The highest BCUT2D eigenvalue weighted by Crippen LogP contribution is 2.35. The van der Waals surface area contributed by atoms with Gasteiger partial charge in [-0.05, 0) is 60.7 Å². The van der Waals surface area contributed by atoms with Crippen LogP contribution in [0, 0.1) is 13.8 Å². The maximum absolute atomic E-state index is 14.0. The third-order valence-corrected chi connectivity index (χ3v) is 6.81. The molecule has 3 heterocycles. The number of aromatic nitrogens is 5. The number of aryl methyl sites for hydroxylation is 2. The van der Waals surface area contributed by atoms with Crippen molar-refractivity contribution in [3.05, 3.63) is 100 Å². The van der Waals surface area contributed by atoms with E-state index in [1.54, 1.807) is 15.3 Å². The molecule has 0 aliphatic rings. The number of nitrogens with two attached hydrogens (primary N) is 1. The van der Waals surface area contributed by atoms with Crippen LogP contribution in [0.5, 0.6) is 11.5 Å². The molecule has 0 aliphatic carbocycles. The second kappa shape index (κ2) is 8.74. The molecule has 9 nitrogen and oxygen atoms in total. The van der Waals surface area contributed by atoms with Crippen molar-refractivity contribution in [3.63, 3.8) is 0 Å². The lowest BCUT2D eigenvalue weighted by molar-refractivity contribution is 0.404. The summed E-state index contributed by atoms with van der Waals surface area (Å²) in [5.41, 5.74) is 11.0. The normalized spacial score (nSPS) is 11.4. The molecule has 6 rings (SSSR count). The van der Waals surface area contributed by atoms with Gasteiger partial charge in [0.15, 0.2) is 17.1 Å². The van der Waals surface area contributed by atoms with Crippen molar-refractivity contribution in [2.24, 2.45) is 0 Å². The fourth-order valence-electron chi connectivity index (χ4n) is 4.95. The van der Waals surface area contributed by atoms with E-state index in [0.717, 1.165) is 22.2 Å². The van der Waals surface area contributed by atoms with Crippen LogP contribution in [0.15, 0.2) is 77.9 Å². The van der Waals surface area contributed by atoms with E-state index in [1.165, 1.54) is 18.5 Å². The number of hydrogen-bond donors (Lipinski definition) is 3. The minimum absolute atomic E-state index is 0.112. The zero-order chi connectivity index (χ0) is 26.6. The van der Waals surface area contributed by atoms with Crippen LogP contribution >= 0.6 is 0 Å². The van der Waals surface area contributed by atoms with Crippen molar-refractivity contribution in [1.29, 1.82) is 0 Å². The van der Waals surface area contributed by atoms with Gasteiger partial charge in [0.25, 0.3) is 5.56 Å². The summed E-state index contributed by atoms with van der Waals surface area (Å²) in [5.74, 6) is -0.288. The number of benzene rings is 3. The maximum atomic E-state index is 14.0. The zero-order valence-corrected chi connectivity index (χ0v) is 20.8. The Morgan fingerprint density at radius 2 is 1.66 bits per heavy atom. The molecule has 0 atom stereocenters. The Morgan fingerprint density at radius 3 is 2.45 bits per heavy atom. The molecule has 188 valence electrons. The average molecular weight is 505 g/mol. The molecule has 0 radical (unpaired) electrons.